The van der Waals surface area contributed by atoms with E-state index in [0.717, 1.165) is 5.56 Å². The van der Waals surface area contributed by atoms with Gasteiger partial charge in [-0.1, -0.05) is 17.7 Å². The van der Waals surface area contributed by atoms with E-state index in [-0.39, 0.29) is 0 Å². The number of halogens is 1. The average molecular weight is 256 g/mol. The summed E-state index contributed by atoms with van der Waals surface area (Å²) in [5.74, 6) is -0.402. The molecule has 4 heteroatoms. The number of carbonyl (C=O) groups excluding carboxylic acids is 1. The van der Waals surface area contributed by atoms with Crippen LogP contribution in [-0.2, 0) is 11.2 Å². The molecule has 17 heavy (non-hydrogen) atoms. The SMILES string of the molecule is CC(C)(C)OC(=O)c1cc(CCN)ccc1Cl. The lowest BCUT2D eigenvalue weighted by Crippen LogP contribution is -2.24. The van der Waals surface area contributed by atoms with E-state index in [4.69, 9.17) is 22.1 Å². The van der Waals surface area contributed by atoms with Gasteiger partial charge in [0.15, 0.2) is 0 Å². The summed E-state index contributed by atoms with van der Waals surface area (Å²) >= 11 is 5.99. The summed E-state index contributed by atoms with van der Waals surface area (Å²) in [6.07, 6.45) is 0.715. The van der Waals surface area contributed by atoms with Gasteiger partial charge in [0, 0.05) is 0 Å². The molecule has 0 saturated heterocycles. The number of hydrogen-bond donors (Lipinski definition) is 1. The molecule has 0 aromatic heterocycles. The van der Waals surface area contributed by atoms with Crippen LogP contribution in [0.4, 0.5) is 0 Å². The Labute approximate surface area is 107 Å². The Balaban J connectivity index is 2.95. The molecule has 2 N–H and O–H groups in total. The summed E-state index contributed by atoms with van der Waals surface area (Å²) in [6, 6.07) is 5.30. The third kappa shape index (κ3) is 4.36. The summed E-state index contributed by atoms with van der Waals surface area (Å²) < 4.78 is 5.28. The van der Waals surface area contributed by atoms with Crippen molar-refractivity contribution in [2.75, 3.05) is 6.54 Å². The molecule has 0 fully saturated rings. The molecule has 0 aliphatic heterocycles. The van der Waals surface area contributed by atoms with E-state index in [0.29, 0.717) is 23.6 Å². The zero-order valence-corrected chi connectivity index (χ0v) is 11.2. The fourth-order valence-corrected chi connectivity index (χ4v) is 1.58. The highest BCUT2D eigenvalue weighted by Gasteiger charge is 2.20. The van der Waals surface area contributed by atoms with Crippen molar-refractivity contribution in [2.45, 2.75) is 32.8 Å². The Kier molecular flexibility index (Phi) is 4.54. The van der Waals surface area contributed by atoms with Crippen molar-refractivity contribution in [3.05, 3.63) is 34.3 Å². The molecule has 0 spiro atoms. The zero-order valence-electron chi connectivity index (χ0n) is 10.4. The van der Waals surface area contributed by atoms with Crippen molar-refractivity contribution in [1.82, 2.24) is 0 Å². The van der Waals surface area contributed by atoms with Gasteiger partial charge in [0.1, 0.15) is 5.60 Å². The number of benzene rings is 1. The van der Waals surface area contributed by atoms with E-state index >= 15 is 0 Å². The van der Waals surface area contributed by atoms with E-state index in [1.165, 1.54) is 0 Å². The van der Waals surface area contributed by atoms with Crippen LogP contribution in [0.1, 0.15) is 36.7 Å². The van der Waals surface area contributed by atoms with Gasteiger partial charge in [-0.05, 0) is 51.4 Å². The second-order valence-electron chi connectivity index (χ2n) is 4.85. The number of hydrogen-bond acceptors (Lipinski definition) is 3. The van der Waals surface area contributed by atoms with Crippen LogP contribution in [-0.4, -0.2) is 18.1 Å². The molecule has 0 aliphatic rings. The van der Waals surface area contributed by atoms with Gasteiger partial charge in [0.25, 0.3) is 0 Å². The van der Waals surface area contributed by atoms with Crippen molar-refractivity contribution in [2.24, 2.45) is 5.73 Å². The van der Waals surface area contributed by atoms with Gasteiger partial charge in [-0.25, -0.2) is 4.79 Å². The first-order valence-corrected chi connectivity index (χ1v) is 5.93. The first-order valence-electron chi connectivity index (χ1n) is 5.55. The molecule has 0 bridgehead atoms. The van der Waals surface area contributed by atoms with Crippen LogP contribution in [0.25, 0.3) is 0 Å². The smallest absolute Gasteiger partial charge is 0.340 e. The Morgan fingerprint density at radius 3 is 2.59 bits per heavy atom. The fourth-order valence-electron chi connectivity index (χ4n) is 1.38. The van der Waals surface area contributed by atoms with Crippen LogP contribution >= 0.6 is 11.6 Å². The van der Waals surface area contributed by atoms with E-state index in [1.54, 1.807) is 12.1 Å². The summed E-state index contributed by atoms with van der Waals surface area (Å²) in [5, 5.41) is 0.403. The molecule has 3 nitrogen and oxygen atoms in total. The number of esters is 1. The van der Waals surface area contributed by atoms with Gasteiger partial charge in [-0.15, -0.1) is 0 Å². The summed E-state index contributed by atoms with van der Waals surface area (Å²) in [5.41, 5.74) is 6.33. The Morgan fingerprint density at radius 1 is 1.41 bits per heavy atom. The highest BCUT2D eigenvalue weighted by molar-refractivity contribution is 6.33. The largest absolute Gasteiger partial charge is 0.456 e. The predicted molar refractivity (Wildman–Crippen MR) is 69.4 cm³/mol. The van der Waals surface area contributed by atoms with Crippen LogP contribution in [0.2, 0.25) is 5.02 Å². The molecule has 0 heterocycles. The fraction of sp³-hybridized carbons (Fsp3) is 0.462. The van der Waals surface area contributed by atoms with Crippen LogP contribution in [0.15, 0.2) is 18.2 Å². The third-order valence-corrected chi connectivity index (χ3v) is 2.41. The maximum atomic E-state index is 11.9. The lowest BCUT2D eigenvalue weighted by Gasteiger charge is -2.20. The third-order valence-electron chi connectivity index (χ3n) is 2.08. The molecule has 0 radical (unpaired) electrons. The number of carbonyl (C=O) groups is 1. The number of nitrogens with two attached hydrogens (primary N) is 1. The van der Waals surface area contributed by atoms with Gasteiger partial charge in [-0.2, -0.15) is 0 Å². The first-order chi connectivity index (χ1) is 7.83. The van der Waals surface area contributed by atoms with E-state index < -0.39 is 11.6 Å². The highest BCUT2D eigenvalue weighted by Crippen LogP contribution is 2.21. The van der Waals surface area contributed by atoms with Gasteiger partial charge in [-0.3, -0.25) is 0 Å². The molecule has 1 aromatic carbocycles. The predicted octanol–water partition coefficient (Wildman–Crippen LogP) is 2.80. The molecule has 0 atom stereocenters. The number of rotatable bonds is 3. The van der Waals surface area contributed by atoms with Crippen LogP contribution < -0.4 is 5.73 Å². The van der Waals surface area contributed by atoms with Crippen LogP contribution in [0.5, 0.6) is 0 Å². The molecule has 1 aromatic rings. The molecule has 0 saturated carbocycles. The summed E-state index contributed by atoms with van der Waals surface area (Å²) in [4.78, 5) is 11.9. The molecule has 94 valence electrons. The van der Waals surface area contributed by atoms with Gasteiger partial charge in [0.05, 0.1) is 10.6 Å². The summed E-state index contributed by atoms with van der Waals surface area (Å²) in [6.45, 7) is 6.00. The van der Waals surface area contributed by atoms with Crippen molar-refractivity contribution in [3.8, 4) is 0 Å². The van der Waals surface area contributed by atoms with Gasteiger partial charge < -0.3 is 10.5 Å². The Hall–Kier alpha value is -1.06. The lowest BCUT2D eigenvalue weighted by atomic mass is 10.1. The summed E-state index contributed by atoms with van der Waals surface area (Å²) in [7, 11) is 0. The molecular formula is C13H18ClNO2. The van der Waals surface area contributed by atoms with Crippen molar-refractivity contribution >= 4 is 17.6 Å². The van der Waals surface area contributed by atoms with Crippen molar-refractivity contribution in [1.29, 1.82) is 0 Å². The van der Waals surface area contributed by atoms with E-state index in [1.807, 2.05) is 26.8 Å². The van der Waals surface area contributed by atoms with Crippen LogP contribution in [0, 0.1) is 0 Å². The maximum absolute atomic E-state index is 11.9. The van der Waals surface area contributed by atoms with Crippen molar-refractivity contribution < 1.29 is 9.53 Å². The second kappa shape index (κ2) is 5.52. The lowest BCUT2D eigenvalue weighted by molar-refractivity contribution is 0.00696. The quantitative estimate of drug-likeness (QED) is 0.845. The van der Waals surface area contributed by atoms with Gasteiger partial charge >= 0.3 is 5.97 Å². The minimum absolute atomic E-state index is 0.396. The molecule has 0 amide bonds. The molecule has 1 rings (SSSR count). The Bertz CT molecular complexity index is 410. The molecule has 0 aliphatic carbocycles. The van der Waals surface area contributed by atoms with E-state index in [9.17, 15) is 4.79 Å². The minimum atomic E-state index is -0.524. The molecule has 0 unspecified atom stereocenters. The van der Waals surface area contributed by atoms with Gasteiger partial charge in [0.2, 0.25) is 0 Å². The standard InChI is InChI=1S/C13H18ClNO2/c1-13(2,3)17-12(16)10-8-9(6-7-15)4-5-11(10)14/h4-5,8H,6-7,15H2,1-3H3. The highest BCUT2D eigenvalue weighted by atomic mass is 35.5. The normalized spacial score (nSPS) is 11.4. The van der Waals surface area contributed by atoms with Crippen molar-refractivity contribution in [3.63, 3.8) is 0 Å². The Morgan fingerprint density at radius 2 is 2.06 bits per heavy atom. The average Bonchev–Trinajstić information content (AvgIpc) is 2.18. The second-order valence-corrected chi connectivity index (χ2v) is 5.26. The van der Waals surface area contributed by atoms with Crippen LogP contribution in [0.3, 0.4) is 0 Å². The van der Waals surface area contributed by atoms with E-state index in [2.05, 4.69) is 0 Å². The molecular weight excluding hydrogens is 238 g/mol. The zero-order chi connectivity index (χ0) is 13.1. The minimum Gasteiger partial charge on any atom is -0.456 e. The first kappa shape index (κ1) is 14.0. The maximum Gasteiger partial charge on any atom is 0.340 e. The number of ether oxygens (including phenoxy) is 1. The monoisotopic (exact) mass is 255 g/mol. The topological polar surface area (TPSA) is 52.3 Å².